The van der Waals surface area contributed by atoms with Crippen molar-refractivity contribution < 1.29 is 19.4 Å². The first-order valence-corrected chi connectivity index (χ1v) is 8.01. The number of ether oxygens (including phenoxy) is 2. The van der Waals surface area contributed by atoms with E-state index in [1.807, 2.05) is 42.5 Å². The van der Waals surface area contributed by atoms with Crippen LogP contribution < -0.4 is 9.47 Å². The van der Waals surface area contributed by atoms with Crippen LogP contribution in [0.4, 0.5) is 0 Å². The zero-order valence-electron chi connectivity index (χ0n) is 14.5. The third kappa shape index (κ3) is 5.36. The molecule has 0 saturated carbocycles. The molecule has 0 aliphatic heterocycles. The lowest BCUT2D eigenvalue weighted by molar-refractivity contribution is -0.127. The highest BCUT2D eigenvalue weighted by atomic mass is 16.5. The molecule has 0 aliphatic carbocycles. The van der Waals surface area contributed by atoms with E-state index in [1.54, 1.807) is 31.3 Å². The molecule has 1 amide bonds. The Hall–Kier alpha value is -2.79. The summed E-state index contributed by atoms with van der Waals surface area (Å²) in [6.07, 6.45) is 3.19. The highest BCUT2D eigenvalue weighted by Crippen LogP contribution is 2.25. The molecular weight excluding hydrogens is 318 g/mol. The summed E-state index contributed by atoms with van der Waals surface area (Å²) in [7, 11) is 3.16. The second-order valence-electron chi connectivity index (χ2n) is 5.41. The molecule has 2 rings (SSSR count). The summed E-state index contributed by atoms with van der Waals surface area (Å²) in [6.45, 7) is 0.639. The zero-order valence-corrected chi connectivity index (χ0v) is 14.5. The summed E-state index contributed by atoms with van der Waals surface area (Å²) in [4.78, 5) is 14.1. The third-order valence-corrected chi connectivity index (χ3v) is 3.74. The molecule has 0 radical (unpaired) electrons. The maximum Gasteiger partial charge on any atom is 0.246 e. The number of benzene rings is 2. The molecule has 132 valence electrons. The quantitative estimate of drug-likeness (QED) is 0.750. The van der Waals surface area contributed by atoms with Crippen molar-refractivity contribution in [3.05, 3.63) is 65.7 Å². The van der Waals surface area contributed by atoms with Crippen molar-refractivity contribution in [3.8, 4) is 11.5 Å². The van der Waals surface area contributed by atoms with E-state index in [9.17, 15) is 9.90 Å². The van der Waals surface area contributed by atoms with Gasteiger partial charge in [-0.2, -0.15) is 0 Å². The molecular formula is C20H23NO4. The smallest absolute Gasteiger partial charge is 0.246 e. The summed E-state index contributed by atoms with van der Waals surface area (Å²) < 4.78 is 10.5. The molecule has 0 unspecified atom stereocenters. The number of nitrogens with zero attached hydrogens (tertiary/aromatic N) is 1. The van der Waals surface area contributed by atoms with Crippen molar-refractivity contribution in [1.29, 1.82) is 0 Å². The number of rotatable bonds is 8. The van der Waals surface area contributed by atoms with Crippen molar-refractivity contribution in [1.82, 2.24) is 4.90 Å². The molecule has 0 atom stereocenters. The molecule has 0 fully saturated rings. The predicted octanol–water partition coefficient (Wildman–Crippen LogP) is 2.74. The molecule has 5 heteroatoms. The topological polar surface area (TPSA) is 59.0 Å². The Labute approximate surface area is 148 Å². The van der Waals surface area contributed by atoms with E-state index >= 15 is 0 Å². The normalized spacial score (nSPS) is 10.7. The monoisotopic (exact) mass is 341 g/mol. The summed E-state index contributed by atoms with van der Waals surface area (Å²) in [6, 6.07) is 15.1. The van der Waals surface area contributed by atoms with Crippen LogP contribution in [0.1, 0.15) is 11.1 Å². The number of hydrogen-bond acceptors (Lipinski definition) is 4. The van der Waals surface area contributed by atoms with Crippen molar-refractivity contribution >= 4 is 12.0 Å². The van der Waals surface area contributed by atoms with Crippen LogP contribution >= 0.6 is 0 Å². The lowest BCUT2D eigenvalue weighted by Crippen LogP contribution is -2.31. The summed E-state index contributed by atoms with van der Waals surface area (Å²) in [5.74, 6) is 1.14. The van der Waals surface area contributed by atoms with Gasteiger partial charge in [-0.15, -0.1) is 0 Å². The Bertz CT molecular complexity index is 713. The van der Waals surface area contributed by atoms with E-state index in [0.29, 0.717) is 18.0 Å². The Morgan fingerprint density at radius 3 is 2.52 bits per heavy atom. The minimum absolute atomic E-state index is 0.0850. The standard InChI is InChI=1S/C20H23NO4/c1-24-18-10-8-17(19(14-18)25-2)9-11-20(23)21(12-13-22)15-16-6-4-3-5-7-16/h3-11,14,22H,12-13,15H2,1-2H3/b11-9+. The maximum atomic E-state index is 12.5. The lowest BCUT2D eigenvalue weighted by Gasteiger charge is -2.20. The molecule has 0 bridgehead atoms. The van der Waals surface area contributed by atoms with Crippen LogP contribution in [-0.2, 0) is 11.3 Å². The van der Waals surface area contributed by atoms with Crippen molar-refractivity contribution in [2.75, 3.05) is 27.4 Å². The van der Waals surface area contributed by atoms with Gasteiger partial charge in [0.05, 0.1) is 20.8 Å². The fraction of sp³-hybridized carbons (Fsp3) is 0.250. The van der Waals surface area contributed by atoms with Crippen molar-refractivity contribution in [2.45, 2.75) is 6.54 Å². The van der Waals surface area contributed by atoms with Gasteiger partial charge in [0.1, 0.15) is 11.5 Å². The number of hydrogen-bond donors (Lipinski definition) is 1. The Morgan fingerprint density at radius 2 is 1.88 bits per heavy atom. The Kier molecular flexibility index (Phi) is 7.04. The number of aliphatic hydroxyl groups is 1. The first-order chi connectivity index (χ1) is 12.2. The van der Waals surface area contributed by atoms with E-state index in [0.717, 1.165) is 11.1 Å². The number of carbonyl (C=O) groups is 1. The van der Waals surface area contributed by atoms with Crippen LogP contribution in [0.2, 0.25) is 0 Å². The summed E-state index contributed by atoms with van der Waals surface area (Å²) in [5.41, 5.74) is 1.79. The minimum atomic E-state index is -0.171. The van der Waals surface area contributed by atoms with Gasteiger partial charge in [0.2, 0.25) is 5.91 Å². The average Bonchev–Trinajstić information content (AvgIpc) is 2.66. The van der Waals surface area contributed by atoms with E-state index in [4.69, 9.17) is 9.47 Å². The molecule has 5 nitrogen and oxygen atoms in total. The van der Waals surface area contributed by atoms with Crippen LogP contribution in [0, 0.1) is 0 Å². The first-order valence-electron chi connectivity index (χ1n) is 8.01. The van der Waals surface area contributed by atoms with Gasteiger partial charge in [0.15, 0.2) is 0 Å². The SMILES string of the molecule is COc1ccc(/C=C/C(=O)N(CCO)Cc2ccccc2)c(OC)c1. The molecule has 0 heterocycles. The number of carbonyl (C=O) groups excluding carboxylic acids is 1. The fourth-order valence-corrected chi connectivity index (χ4v) is 2.41. The van der Waals surface area contributed by atoms with Crippen LogP contribution in [0.3, 0.4) is 0 Å². The third-order valence-electron chi connectivity index (χ3n) is 3.74. The predicted molar refractivity (Wildman–Crippen MR) is 97.5 cm³/mol. The maximum absolute atomic E-state index is 12.5. The molecule has 1 N–H and O–H groups in total. The van der Waals surface area contributed by atoms with Gasteiger partial charge in [-0.3, -0.25) is 4.79 Å². The molecule has 0 saturated heterocycles. The average molecular weight is 341 g/mol. The van der Waals surface area contributed by atoms with Gasteiger partial charge in [0, 0.05) is 30.8 Å². The van der Waals surface area contributed by atoms with Gasteiger partial charge in [-0.25, -0.2) is 0 Å². The van der Waals surface area contributed by atoms with Crippen LogP contribution in [0.5, 0.6) is 11.5 Å². The molecule has 25 heavy (non-hydrogen) atoms. The number of amides is 1. The van der Waals surface area contributed by atoms with Gasteiger partial charge in [0.25, 0.3) is 0 Å². The second-order valence-corrected chi connectivity index (χ2v) is 5.41. The van der Waals surface area contributed by atoms with Crippen molar-refractivity contribution in [2.24, 2.45) is 0 Å². The number of methoxy groups -OCH3 is 2. The Morgan fingerprint density at radius 1 is 1.12 bits per heavy atom. The highest BCUT2D eigenvalue weighted by Gasteiger charge is 2.11. The largest absolute Gasteiger partial charge is 0.497 e. The second kappa shape index (κ2) is 9.49. The molecule has 0 aromatic heterocycles. The van der Waals surface area contributed by atoms with Gasteiger partial charge in [-0.05, 0) is 23.8 Å². The Balaban J connectivity index is 2.13. The van der Waals surface area contributed by atoms with Gasteiger partial charge >= 0.3 is 0 Å². The van der Waals surface area contributed by atoms with Gasteiger partial charge < -0.3 is 19.5 Å². The van der Waals surface area contributed by atoms with Crippen molar-refractivity contribution in [3.63, 3.8) is 0 Å². The first kappa shape index (κ1) is 18.5. The molecule has 0 aliphatic rings. The summed E-state index contributed by atoms with van der Waals surface area (Å²) >= 11 is 0. The summed E-state index contributed by atoms with van der Waals surface area (Å²) in [5, 5.41) is 9.24. The minimum Gasteiger partial charge on any atom is -0.497 e. The zero-order chi connectivity index (χ0) is 18.1. The van der Waals surface area contributed by atoms with Gasteiger partial charge in [-0.1, -0.05) is 30.3 Å². The van der Waals surface area contributed by atoms with Crippen LogP contribution in [0.25, 0.3) is 6.08 Å². The van der Waals surface area contributed by atoms with Crippen LogP contribution in [-0.4, -0.2) is 43.3 Å². The van der Waals surface area contributed by atoms with E-state index in [2.05, 4.69) is 0 Å². The van der Waals surface area contributed by atoms with E-state index in [-0.39, 0.29) is 19.1 Å². The number of aliphatic hydroxyl groups excluding tert-OH is 1. The molecule has 2 aromatic carbocycles. The van der Waals surface area contributed by atoms with Crippen LogP contribution in [0.15, 0.2) is 54.6 Å². The highest BCUT2D eigenvalue weighted by molar-refractivity contribution is 5.92. The van der Waals surface area contributed by atoms with E-state index in [1.165, 1.54) is 6.08 Å². The fourth-order valence-electron chi connectivity index (χ4n) is 2.41. The van der Waals surface area contributed by atoms with E-state index < -0.39 is 0 Å². The molecule has 0 spiro atoms. The lowest BCUT2D eigenvalue weighted by atomic mass is 10.1. The molecule has 2 aromatic rings.